The first-order valence-corrected chi connectivity index (χ1v) is 9.28. The van der Waals surface area contributed by atoms with Gasteiger partial charge in [-0.25, -0.2) is 13.1 Å². The molecule has 19 heavy (non-hydrogen) atoms. The van der Waals surface area contributed by atoms with Gasteiger partial charge in [-0.2, -0.15) is 0 Å². The molecule has 0 aromatic carbocycles. The van der Waals surface area contributed by atoms with Crippen LogP contribution in [0.1, 0.15) is 39.5 Å². The quantitative estimate of drug-likeness (QED) is 0.700. The molecule has 2 unspecified atom stereocenters. The first-order valence-electron chi connectivity index (χ1n) is 7.09. The molecule has 0 aromatic rings. The Balaban J connectivity index is 2.32. The van der Waals surface area contributed by atoms with E-state index in [9.17, 15) is 8.42 Å². The standard InChI is InChI=1S/C13H26ClNO3S/c1-11(2)18-7-8-19(16,17)15-10-13-6-4-3-5-12(13)9-14/h11-13,15H,3-10H2,1-2H3. The molecule has 6 heteroatoms. The lowest BCUT2D eigenvalue weighted by Gasteiger charge is -2.30. The second kappa shape index (κ2) is 8.45. The Hall–Kier alpha value is 0.160. The number of alkyl halides is 1. The molecule has 0 aromatic heterocycles. The molecule has 0 heterocycles. The first-order chi connectivity index (χ1) is 8.94. The van der Waals surface area contributed by atoms with E-state index in [-0.39, 0.29) is 18.5 Å². The van der Waals surface area contributed by atoms with Gasteiger partial charge in [0.1, 0.15) is 0 Å². The fourth-order valence-corrected chi connectivity index (χ4v) is 3.79. The van der Waals surface area contributed by atoms with Crippen molar-refractivity contribution in [3.8, 4) is 0 Å². The second-order valence-electron chi connectivity index (χ2n) is 5.55. The van der Waals surface area contributed by atoms with Crippen LogP contribution in [-0.2, 0) is 14.8 Å². The van der Waals surface area contributed by atoms with Crippen LogP contribution < -0.4 is 4.72 Å². The lowest BCUT2D eigenvalue weighted by atomic mass is 9.80. The number of sulfonamides is 1. The fourth-order valence-electron chi connectivity index (χ4n) is 2.46. The molecule has 1 aliphatic rings. The van der Waals surface area contributed by atoms with Gasteiger partial charge in [-0.1, -0.05) is 12.8 Å². The molecule has 114 valence electrons. The largest absolute Gasteiger partial charge is 0.378 e. The minimum atomic E-state index is -3.23. The first kappa shape index (κ1) is 17.2. The van der Waals surface area contributed by atoms with Crippen molar-refractivity contribution in [2.24, 2.45) is 11.8 Å². The average molecular weight is 312 g/mol. The molecule has 1 aliphatic carbocycles. The van der Waals surface area contributed by atoms with Crippen LogP contribution in [0.25, 0.3) is 0 Å². The van der Waals surface area contributed by atoms with Gasteiger partial charge in [0.15, 0.2) is 0 Å². The molecule has 0 radical (unpaired) electrons. The average Bonchev–Trinajstić information content (AvgIpc) is 2.36. The number of ether oxygens (including phenoxy) is 1. The van der Waals surface area contributed by atoms with Gasteiger partial charge in [0, 0.05) is 12.4 Å². The van der Waals surface area contributed by atoms with E-state index in [1.54, 1.807) is 0 Å². The smallest absolute Gasteiger partial charge is 0.213 e. The van der Waals surface area contributed by atoms with Gasteiger partial charge >= 0.3 is 0 Å². The van der Waals surface area contributed by atoms with Gasteiger partial charge in [0.2, 0.25) is 10.0 Å². The maximum Gasteiger partial charge on any atom is 0.213 e. The van der Waals surface area contributed by atoms with Crippen LogP contribution in [0, 0.1) is 11.8 Å². The highest BCUT2D eigenvalue weighted by Crippen LogP contribution is 2.30. The van der Waals surface area contributed by atoms with Crippen molar-refractivity contribution in [1.82, 2.24) is 4.72 Å². The molecule has 0 amide bonds. The van der Waals surface area contributed by atoms with Crippen LogP contribution in [0.4, 0.5) is 0 Å². The van der Waals surface area contributed by atoms with Gasteiger partial charge in [-0.15, -0.1) is 11.6 Å². The Morgan fingerprint density at radius 3 is 2.47 bits per heavy atom. The predicted molar refractivity (Wildman–Crippen MR) is 79.0 cm³/mol. The third kappa shape index (κ3) is 6.93. The molecular formula is C13H26ClNO3S. The molecule has 2 atom stereocenters. The van der Waals surface area contributed by atoms with E-state index in [0.717, 1.165) is 12.8 Å². The van der Waals surface area contributed by atoms with Gasteiger partial charge in [0.05, 0.1) is 18.5 Å². The van der Waals surface area contributed by atoms with Crippen molar-refractivity contribution in [3.63, 3.8) is 0 Å². The minimum absolute atomic E-state index is 0.0312. The number of hydrogen-bond donors (Lipinski definition) is 1. The summed E-state index contributed by atoms with van der Waals surface area (Å²) in [5, 5.41) is 0. The van der Waals surface area contributed by atoms with E-state index in [2.05, 4.69) is 4.72 Å². The number of rotatable bonds is 8. The third-order valence-electron chi connectivity index (χ3n) is 3.63. The lowest BCUT2D eigenvalue weighted by molar-refractivity contribution is 0.0911. The molecule has 0 spiro atoms. The van der Waals surface area contributed by atoms with E-state index >= 15 is 0 Å². The van der Waals surface area contributed by atoms with Crippen LogP contribution in [-0.4, -0.2) is 39.3 Å². The predicted octanol–water partition coefficient (Wildman–Crippen LogP) is 2.38. The summed E-state index contributed by atoms with van der Waals surface area (Å²) in [6.45, 7) is 4.55. The highest BCUT2D eigenvalue weighted by molar-refractivity contribution is 7.89. The van der Waals surface area contributed by atoms with Gasteiger partial charge in [0.25, 0.3) is 0 Å². The van der Waals surface area contributed by atoms with E-state index < -0.39 is 10.0 Å². The van der Waals surface area contributed by atoms with Crippen LogP contribution in [0.5, 0.6) is 0 Å². The zero-order chi connectivity index (χ0) is 14.3. The molecule has 4 nitrogen and oxygen atoms in total. The maximum atomic E-state index is 11.8. The molecule has 1 saturated carbocycles. The summed E-state index contributed by atoms with van der Waals surface area (Å²) in [5.41, 5.74) is 0. The Morgan fingerprint density at radius 2 is 1.89 bits per heavy atom. The van der Waals surface area contributed by atoms with Crippen LogP contribution in [0.2, 0.25) is 0 Å². The summed E-state index contributed by atoms with van der Waals surface area (Å²) < 4.78 is 31.6. The Labute approximate surface area is 122 Å². The molecule has 1 fully saturated rings. The zero-order valence-electron chi connectivity index (χ0n) is 11.9. The monoisotopic (exact) mass is 311 g/mol. The summed E-state index contributed by atoms with van der Waals surface area (Å²) in [6, 6.07) is 0. The van der Waals surface area contributed by atoms with E-state index in [4.69, 9.17) is 16.3 Å². The Kier molecular flexibility index (Phi) is 7.65. The van der Waals surface area contributed by atoms with E-state index in [0.29, 0.717) is 24.3 Å². The molecule has 1 N–H and O–H groups in total. The summed E-state index contributed by atoms with van der Waals surface area (Å²) in [5.74, 6) is 1.49. The topological polar surface area (TPSA) is 55.4 Å². The van der Waals surface area contributed by atoms with E-state index in [1.807, 2.05) is 13.8 Å². The van der Waals surface area contributed by atoms with Gasteiger partial charge in [-0.3, -0.25) is 0 Å². The highest BCUT2D eigenvalue weighted by Gasteiger charge is 2.25. The fraction of sp³-hybridized carbons (Fsp3) is 1.00. The summed E-state index contributed by atoms with van der Waals surface area (Å²) in [4.78, 5) is 0. The summed E-state index contributed by atoms with van der Waals surface area (Å²) in [6.07, 6.45) is 4.64. The molecular weight excluding hydrogens is 286 g/mol. The van der Waals surface area contributed by atoms with Crippen molar-refractivity contribution in [1.29, 1.82) is 0 Å². The number of hydrogen-bond acceptors (Lipinski definition) is 3. The van der Waals surface area contributed by atoms with Crippen molar-refractivity contribution in [3.05, 3.63) is 0 Å². The highest BCUT2D eigenvalue weighted by atomic mass is 35.5. The number of halogens is 1. The SMILES string of the molecule is CC(C)OCCS(=O)(=O)NCC1CCCCC1CCl. The molecule has 0 saturated heterocycles. The van der Waals surface area contributed by atoms with Crippen LogP contribution >= 0.6 is 11.6 Å². The Morgan fingerprint density at radius 1 is 1.26 bits per heavy atom. The van der Waals surface area contributed by atoms with Crippen LogP contribution in [0.3, 0.4) is 0 Å². The third-order valence-corrected chi connectivity index (χ3v) is 5.34. The van der Waals surface area contributed by atoms with Crippen molar-refractivity contribution < 1.29 is 13.2 Å². The Bertz CT molecular complexity index is 346. The van der Waals surface area contributed by atoms with Crippen LogP contribution in [0.15, 0.2) is 0 Å². The molecule has 0 bridgehead atoms. The van der Waals surface area contributed by atoms with Crippen molar-refractivity contribution in [2.45, 2.75) is 45.6 Å². The molecule has 0 aliphatic heterocycles. The minimum Gasteiger partial charge on any atom is -0.378 e. The summed E-state index contributed by atoms with van der Waals surface area (Å²) >= 11 is 5.95. The normalized spacial score (nSPS) is 24.8. The maximum absolute atomic E-state index is 11.8. The zero-order valence-corrected chi connectivity index (χ0v) is 13.5. The molecule has 1 rings (SSSR count). The van der Waals surface area contributed by atoms with Gasteiger partial charge < -0.3 is 4.74 Å². The lowest BCUT2D eigenvalue weighted by Crippen LogP contribution is -2.36. The summed E-state index contributed by atoms with van der Waals surface area (Å²) in [7, 11) is -3.23. The van der Waals surface area contributed by atoms with Gasteiger partial charge in [-0.05, 0) is 38.5 Å². The number of nitrogens with one attached hydrogen (secondary N) is 1. The van der Waals surface area contributed by atoms with Crippen molar-refractivity contribution in [2.75, 3.05) is 24.8 Å². The second-order valence-corrected chi connectivity index (χ2v) is 7.78. The van der Waals surface area contributed by atoms with Crippen molar-refractivity contribution >= 4 is 21.6 Å². The van der Waals surface area contributed by atoms with E-state index in [1.165, 1.54) is 12.8 Å².